The molecule has 0 radical (unpaired) electrons. The van der Waals surface area contributed by atoms with Gasteiger partial charge in [-0.2, -0.15) is 0 Å². The van der Waals surface area contributed by atoms with Gasteiger partial charge in [0.15, 0.2) is 0 Å². The molecule has 4 nitrogen and oxygen atoms in total. The van der Waals surface area contributed by atoms with Crippen LogP contribution in [0.25, 0.3) is 0 Å². The fourth-order valence-corrected chi connectivity index (χ4v) is 1.44. The second-order valence-corrected chi connectivity index (χ2v) is 3.05. The molecule has 0 amide bonds. The quantitative estimate of drug-likeness (QED) is 0.662. The number of piperidine rings is 1. The van der Waals surface area contributed by atoms with E-state index >= 15 is 0 Å². The van der Waals surface area contributed by atoms with E-state index in [1.54, 1.807) is 0 Å². The molecule has 0 atom stereocenters. The van der Waals surface area contributed by atoms with Crippen LogP contribution in [-0.4, -0.2) is 41.1 Å². The minimum Gasteiger partial charge on any atom is -0.481 e. The van der Waals surface area contributed by atoms with Gasteiger partial charge in [-0.1, -0.05) is 6.42 Å². The van der Waals surface area contributed by atoms with Gasteiger partial charge in [0.25, 0.3) is 0 Å². The Hall–Kier alpha value is -0.610. The summed E-state index contributed by atoms with van der Waals surface area (Å²) in [6.45, 7) is 2.91. The summed E-state index contributed by atoms with van der Waals surface area (Å²) in [7, 11) is 0. The van der Waals surface area contributed by atoms with Crippen molar-refractivity contribution in [1.82, 2.24) is 4.90 Å². The van der Waals surface area contributed by atoms with Crippen LogP contribution in [0.5, 0.6) is 0 Å². The van der Waals surface area contributed by atoms with E-state index in [2.05, 4.69) is 4.90 Å². The normalized spacial score (nSPS) is 18.3. The van der Waals surface area contributed by atoms with E-state index in [1.807, 2.05) is 0 Å². The molecule has 0 unspecified atom stereocenters. The average molecular weight is 175 g/mol. The molecule has 3 N–H and O–H groups in total. The number of carbonyl (C=O) groups is 1. The molecule has 1 saturated heterocycles. The first-order valence-electron chi connectivity index (χ1n) is 4.23. The van der Waals surface area contributed by atoms with Gasteiger partial charge in [-0.05, 0) is 25.9 Å². The summed E-state index contributed by atoms with van der Waals surface area (Å²) in [5, 5.41) is 8.42. The van der Waals surface area contributed by atoms with Crippen LogP contribution >= 0.6 is 0 Å². The van der Waals surface area contributed by atoms with Crippen molar-refractivity contribution in [2.45, 2.75) is 25.7 Å². The van der Waals surface area contributed by atoms with Gasteiger partial charge < -0.3 is 15.5 Å². The molecule has 1 fully saturated rings. The molecule has 1 rings (SSSR count). The van der Waals surface area contributed by atoms with Crippen molar-refractivity contribution in [3.63, 3.8) is 0 Å². The van der Waals surface area contributed by atoms with E-state index < -0.39 is 5.97 Å². The molecule has 0 spiro atoms. The third-order valence-corrected chi connectivity index (χ3v) is 2.09. The Balaban J connectivity index is 0.00000121. The lowest BCUT2D eigenvalue weighted by Crippen LogP contribution is -2.31. The first kappa shape index (κ1) is 11.4. The van der Waals surface area contributed by atoms with E-state index in [4.69, 9.17) is 5.11 Å². The zero-order valence-electron chi connectivity index (χ0n) is 7.25. The van der Waals surface area contributed by atoms with E-state index in [-0.39, 0.29) is 5.48 Å². The summed E-state index contributed by atoms with van der Waals surface area (Å²) in [4.78, 5) is 12.4. The number of hydrogen-bond acceptors (Lipinski definition) is 2. The minimum absolute atomic E-state index is 0. The van der Waals surface area contributed by atoms with Crippen molar-refractivity contribution in [2.24, 2.45) is 0 Å². The van der Waals surface area contributed by atoms with Gasteiger partial charge in [0.05, 0.1) is 6.42 Å². The van der Waals surface area contributed by atoms with Crippen LogP contribution in [0.4, 0.5) is 0 Å². The maximum Gasteiger partial charge on any atom is 0.304 e. The Bertz CT molecular complexity index is 132. The highest BCUT2D eigenvalue weighted by Gasteiger charge is 2.10. The van der Waals surface area contributed by atoms with E-state index in [9.17, 15) is 4.79 Å². The van der Waals surface area contributed by atoms with Crippen LogP contribution in [-0.2, 0) is 4.79 Å². The monoisotopic (exact) mass is 175 g/mol. The van der Waals surface area contributed by atoms with Crippen molar-refractivity contribution in [2.75, 3.05) is 19.6 Å². The van der Waals surface area contributed by atoms with Gasteiger partial charge in [-0.25, -0.2) is 0 Å². The molecule has 0 bridgehead atoms. The smallest absolute Gasteiger partial charge is 0.304 e. The minimum atomic E-state index is -0.685. The SMILES string of the molecule is O.O=C(O)CCN1CCCCC1. The summed E-state index contributed by atoms with van der Waals surface area (Å²) in [6, 6.07) is 0. The summed E-state index contributed by atoms with van der Waals surface area (Å²) < 4.78 is 0. The van der Waals surface area contributed by atoms with Crippen LogP contribution < -0.4 is 0 Å². The molecule has 1 aliphatic rings. The number of nitrogens with zero attached hydrogens (tertiary/aromatic N) is 1. The predicted molar refractivity (Wildman–Crippen MR) is 46.2 cm³/mol. The maximum absolute atomic E-state index is 10.2. The lowest BCUT2D eigenvalue weighted by Gasteiger charge is -2.25. The highest BCUT2D eigenvalue weighted by atomic mass is 16.4. The van der Waals surface area contributed by atoms with Gasteiger partial charge in [0, 0.05) is 6.54 Å². The van der Waals surface area contributed by atoms with E-state index in [0.29, 0.717) is 6.42 Å². The summed E-state index contributed by atoms with van der Waals surface area (Å²) in [5.74, 6) is -0.685. The second-order valence-electron chi connectivity index (χ2n) is 3.05. The Labute approximate surface area is 72.5 Å². The molecule has 1 heterocycles. The first-order valence-corrected chi connectivity index (χ1v) is 4.23. The lowest BCUT2D eigenvalue weighted by atomic mass is 10.1. The lowest BCUT2D eigenvalue weighted by molar-refractivity contribution is -0.137. The molecule has 0 aromatic rings. The van der Waals surface area contributed by atoms with Gasteiger partial charge >= 0.3 is 5.97 Å². The number of carboxylic acids is 1. The fraction of sp³-hybridized carbons (Fsp3) is 0.875. The Morgan fingerprint density at radius 1 is 1.25 bits per heavy atom. The highest BCUT2D eigenvalue weighted by Crippen LogP contribution is 2.08. The van der Waals surface area contributed by atoms with Crippen molar-refractivity contribution in [3.05, 3.63) is 0 Å². The highest BCUT2D eigenvalue weighted by molar-refractivity contribution is 5.66. The number of likely N-dealkylation sites (tertiary alicyclic amines) is 1. The van der Waals surface area contributed by atoms with Crippen LogP contribution in [0.3, 0.4) is 0 Å². The van der Waals surface area contributed by atoms with Crippen LogP contribution in [0.2, 0.25) is 0 Å². The Kier molecular flexibility index (Phi) is 5.66. The third kappa shape index (κ3) is 4.31. The Morgan fingerprint density at radius 2 is 1.83 bits per heavy atom. The topological polar surface area (TPSA) is 72.0 Å². The largest absolute Gasteiger partial charge is 0.481 e. The molecule has 0 saturated carbocycles. The van der Waals surface area contributed by atoms with Crippen molar-refractivity contribution in [1.29, 1.82) is 0 Å². The molecule has 0 aromatic heterocycles. The van der Waals surface area contributed by atoms with Crippen LogP contribution in [0.1, 0.15) is 25.7 Å². The Morgan fingerprint density at radius 3 is 2.33 bits per heavy atom. The zero-order chi connectivity index (χ0) is 8.10. The number of aliphatic carboxylic acids is 1. The van der Waals surface area contributed by atoms with Crippen LogP contribution in [0, 0.1) is 0 Å². The van der Waals surface area contributed by atoms with Crippen molar-refractivity contribution in [3.8, 4) is 0 Å². The number of rotatable bonds is 3. The molecular formula is C8H17NO3. The summed E-state index contributed by atoms with van der Waals surface area (Å²) in [5.41, 5.74) is 0. The molecule has 72 valence electrons. The average Bonchev–Trinajstić information content (AvgIpc) is 2.03. The van der Waals surface area contributed by atoms with Gasteiger partial charge in [-0.15, -0.1) is 0 Å². The van der Waals surface area contributed by atoms with Crippen molar-refractivity contribution < 1.29 is 15.4 Å². The van der Waals surface area contributed by atoms with E-state index in [0.717, 1.165) is 19.6 Å². The molecule has 0 aromatic carbocycles. The van der Waals surface area contributed by atoms with Crippen molar-refractivity contribution >= 4 is 5.97 Å². The van der Waals surface area contributed by atoms with Gasteiger partial charge in [-0.3, -0.25) is 4.79 Å². The number of hydrogen-bond donors (Lipinski definition) is 1. The molecule has 0 aliphatic carbocycles. The molecule has 12 heavy (non-hydrogen) atoms. The van der Waals surface area contributed by atoms with Crippen LogP contribution in [0.15, 0.2) is 0 Å². The summed E-state index contributed by atoms with van der Waals surface area (Å²) in [6.07, 6.45) is 4.07. The number of carboxylic acid groups (broad SMARTS) is 1. The molecule has 1 aliphatic heterocycles. The molecular weight excluding hydrogens is 158 g/mol. The summed E-state index contributed by atoms with van der Waals surface area (Å²) >= 11 is 0. The third-order valence-electron chi connectivity index (χ3n) is 2.09. The second kappa shape index (κ2) is 5.97. The van der Waals surface area contributed by atoms with Gasteiger partial charge in [0.2, 0.25) is 0 Å². The zero-order valence-corrected chi connectivity index (χ0v) is 7.25. The van der Waals surface area contributed by atoms with Gasteiger partial charge in [0.1, 0.15) is 0 Å². The predicted octanol–water partition coefficient (Wildman–Crippen LogP) is 0.122. The fourth-order valence-electron chi connectivity index (χ4n) is 1.44. The molecule has 4 heteroatoms. The van der Waals surface area contributed by atoms with E-state index in [1.165, 1.54) is 19.3 Å². The first-order chi connectivity index (χ1) is 5.29. The standard InChI is InChI=1S/C8H15NO2.H2O/c10-8(11)4-7-9-5-2-1-3-6-9;/h1-7H2,(H,10,11);1H2. The maximum atomic E-state index is 10.2.